The molecule has 1 amide bonds. The maximum absolute atomic E-state index is 12.3. The normalized spacial score (nSPS) is 11.7. The summed E-state index contributed by atoms with van der Waals surface area (Å²) in [6.07, 6.45) is 0. The molecule has 4 nitrogen and oxygen atoms in total. The first kappa shape index (κ1) is 14.8. The zero-order chi connectivity index (χ0) is 15.4. The fraction of sp³-hybridized carbons (Fsp3) is 0.176. The van der Waals surface area contributed by atoms with E-state index < -0.39 is 5.97 Å². The Bertz CT molecular complexity index is 679. The number of carbonyl (C=O) groups excluding carboxylic acids is 1. The van der Waals surface area contributed by atoms with Crippen molar-refractivity contribution in [2.45, 2.75) is 19.9 Å². The van der Waals surface area contributed by atoms with Gasteiger partial charge in [-0.05, 0) is 37.1 Å². The highest BCUT2D eigenvalue weighted by molar-refractivity contribution is 6.04. The number of hydrogen-bond donors (Lipinski definition) is 2. The molecule has 2 N–H and O–H groups in total. The number of amides is 1. The lowest BCUT2D eigenvalue weighted by atomic mass is 10.0. The van der Waals surface area contributed by atoms with E-state index in [4.69, 9.17) is 5.11 Å². The summed E-state index contributed by atoms with van der Waals surface area (Å²) in [5, 5.41) is 12.0. The lowest BCUT2D eigenvalue weighted by Gasteiger charge is -2.17. The van der Waals surface area contributed by atoms with Gasteiger partial charge in [-0.3, -0.25) is 4.79 Å². The molecule has 4 heteroatoms. The van der Waals surface area contributed by atoms with Crippen molar-refractivity contribution in [3.05, 3.63) is 70.8 Å². The third-order valence-corrected chi connectivity index (χ3v) is 3.40. The Hall–Kier alpha value is -2.62. The van der Waals surface area contributed by atoms with Gasteiger partial charge in [0.25, 0.3) is 5.91 Å². The number of rotatable bonds is 4. The van der Waals surface area contributed by atoms with E-state index in [1.54, 1.807) is 12.1 Å². The molecule has 0 fully saturated rings. The lowest BCUT2D eigenvalue weighted by Crippen LogP contribution is -2.28. The molecule has 0 aliphatic carbocycles. The van der Waals surface area contributed by atoms with Gasteiger partial charge in [0.1, 0.15) is 0 Å². The van der Waals surface area contributed by atoms with Crippen molar-refractivity contribution >= 4 is 11.9 Å². The van der Waals surface area contributed by atoms with E-state index >= 15 is 0 Å². The van der Waals surface area contributed by atoms with Crippen LogP contribution in [-0.4, -0.2) is 17.0 Å². The van der Waals surface area contributed by atoms with Crippen LogP contribution in [0.15, 0.2) is 48.5 Å². The molecule has 21 heavy (non-hydrogen) atoms. The molecule has 1 atom stereocenters. The van der Waals surface area contributed by atoms with Crippen molar-refractivity contribution in [2.24, 2.45) is 0 Å². The zero-order valence-electron chi connectivity index (χ0n) is 12.0. The molecule has 1 unspecified atom stereocenters. The van der Waals surface area contributed by atoms with Crippen molar-refractivity contribution < 1.29 is 14.7 Å². The third kappa shape index (κ3) is 3.28. The second-order valence-corrected chi connectivity index (χ2v) is 4.90. The maximum Gasteiger partial charge on any atom is 0.336 e. The molecule has 0 saturated heterocycles. The molecule has 0 radical (unpaired) electrons. The number of hydrogen-bond acceptors (Lipinski definition) is 2. The van der Waals surface area contributed by atoms with Gasteiger partial charge < -0.3 is 10.4 Å². The summed E-state index contributed by atoms with van der Waals surface area (Å²) in [5.41, 5.74) is 2.27. The van der Waals surface area contributed by atoms with E-state index in [0.717, 1.165) is 11.1 Å². The van der Waals surface area contributed by atoms with Gasteiger partial charge in [0, 0.05) is 0 Å². The van der Waals surface area contributed by atoms with Gasteiger partial charge in [-0.1, -0.05) is 36.4 Å². The predicted molar refractivity (Wildman–Crippen MR) is 80.5 cm³/mol. The average Bonchev–Trinajstić information content (AvgIpc) is 2.47. The van der Waals surface area contributed by atoms with Crippen LogP contribution in [-0.2, 0) is 0 Å². The minimum atomic E-state index is -1.11. The van der Waals surface area contributed by atoms with Gasteiger partial charge in [-0.15, -0.1) is 0 Å². The van der Waals surface area contributed by atoms with Gasteiger partial charge in [-0.2, -0.15) is 0 Å². The molecule has 0 saturated carbocycles. The van der Waals surface area contributed by atoms with E-state index in [0.29, 0.717) is 0 Å². The molecule has 0 aromatic heterocycles. The summed E-state index contributed by atoms with van der Waals surface area (Å²) in [7, 11) is 0. The monoisotopic (exact) mass is 283 g/mol. The molecule has 0 aliphatic rings. The smallest absolute Gasteiger partial charge is 0.336 e. The number of aryl methyl sites for hydroxylation is 1. The zero-order valence-corrected chi connectivity index (χ0v) is 12.0. The van der Waals surface area contributed by atoms with Gasteiger partial charge in [0.15, 0.2) is 0 Å². The summed E-state index contributed by atoms with van der Waals surface area (Å²) in [6.45, 7) is 3.85. The first-order chi connectivity index (χ1) is 10.0. The number of carbonyl (C=O) groups is 2. The van der Waals surface area contributed by atoms with E-state index in [-0.39, 0.29) is 23.1 Å². The standard InChI is InChI=1S/C17H17NO3/c1-11-7-3-4-8-13(11)12(2)18-16(19)14-9-5-6-10-15(14)17(20)21/h3-10,12H,1-2H3,(H,18,19)(H,20,21). The van der Waals surface area contributed by atoms with Crippen molar-refractivity contribution in [1.82, 2.24) is 5.32 Å². The van der Waals surface area contributed by atoms with E-state index in [1.807, 2.05) is 38.1 Å². The van der Waals surface area contributed by atoms with Gasteiger partial charge in [0.2, 0.25) is 0 Å². The molecule has 2 aromatic carbocycles. The summed E-state index contributed by atoms with van der Waals surface area (Å²) in [6, 6.07) is 13.8. The van der Waals surface area contributed by atoms with Crippen LogP contribution in [0.3, 0.4) is 0 Å². The largest absolute Gasteiger partial charge is 0.478 e. The number of carboxylic acid groups (broad SMARTS) is 1. The van der Waals surface area contributed by atoms with Crippen molar-refractivity contribution in [3.63, 3.8) is 0 Å². The minimum absolute atomic E-state index is 0.00647. The second-order valence-electron chi connectivity index (χ2n) is 4.90. The van der Waals surface area contributed by atoms with Crippen LogP contribution in [0.1, 0.15) is 44.8 Å². The molecule has 0 heterocycles. The number of nitrogens with one attached hydrogen (secondary N) is 1. The van der Waals surface area contributed by atoms with Crippen molar-refractivity contribution in [1.29, 1.82) is 0 Å². The molecule has 2 rings (SSSR count). The number of benzene rings is 2. The molecular formula is C17H17NO3. The summed E-state index contributed by atoms with van der Waals surface area (Å²) in [4.78, 5) is 23.4. The maximum atomic E-state index is 12.3. The second kappa shape index (κ2) is 6.22. The fourth-order valence-corrected chi connectivity index (χ4v) is 2.29. The minimum Gasteiger partial charge on any atom is -0.478 e. The molecular weight excluding hydrogens is 266 g/mol. The number of aromatic carboxylic acids is 1. The molecule has 0 bridgehead atoms. The van der Waals surface area contributed by atoms with E-state index in [2.05, 4.69) is 5.32 Å². The highest BCUT2D eigenvalue weighted by Gasteiger charge is 2.18. The van der Waals surface area contributed by atoms with Crippen LogP contribution >= 0.6 is 0 Å². The Morgan fingerprint density at radius 1 is 1.00 bits per heavy atom. The van der Waals surface area contributed by atoms with Crippen molar-refractivity contribution in [3.8, 4) is 0 Å². The number of carboxylic acids is 1. The Morgan fingerprint density at radius 3 is 2.19 bits per heavy atom. The SMILES string of the molecule is Cc1ccccc1C(C)NC(=O)c1ccccc1C(=O)O. The van der Waals surface area contributed by atoms with E-state index in [9.17, 15) is 9.59 Å². The first-order valence-electron chi connectivity index (χ1n) is 6.69. The highest BCUT2D eigenvalue weighted by Crippen LogP contribution is 2.18. The first-order valence-corrected chi connectivity index (χ1v) is 6.69. The van der Waals surface area contributed by atoms with Crippen LogP contribution in [0.25, 0.3) is 0 Å². The van der Waals surface area contributed by atoms with Crippen LogP contribution in [0.4, 0.5) is 0 Å². The molecule has 0 aliphatic heterocycles. The van der Waals surface area contributed by atoms with Crippen LogP contribution in [0.2, 0.25) is 0 Å². The Morgan fingerprint density at radius 2 is 1.57 bits per heavy atom. The summed E-state index contributed by atoms with van der Waals surface area (Å²) in [5.74, 6) is -1.49. The average molecular weight is 283 g/mol. The third-order valence-electron chi connectivity index (χ3n) is 3.40. The molecule has 0 spiro atoms. The van der Waals surface area contributed by atoms with Crippen LogP contribution in [0.5, 0.6) is 0 Å². The van der Waals surface area contributed by atoms with Crippen LogP contribution < -0.4 is 5.32 Å². The van der Waals surface area contributed by atoms with Crippen LogP contribution in [0, 0.1) is 6.92 Å². The molecule has 2 aromatic rings. The van der Waals surface area contributed by atoms with E-state index in [1.165, 1.54) is 12.1 Å². The quantitative estimate of drug-likeness (QED) is 0.905. The lowest BCUT2D eigenvalue weighted by molar-refractivity contribution is 0.0690. The Balaban J connectivity index is 2.23. The topological polar surface area (TPSA) is 66.4 Å². The highest BCUT2D eigenvalue weighted by atomic mass is 16.4. The van der Waals surface area contributed by atoms with Gasteiger partial charge in [-0.25, -0.2) is 4.79 Å². The predicted octanol–water partition coefficient (Wildman–Crippen LogP) is 3.18. The summed E-state index contributed by atoms with van der Waals surface area (Å²) >= 11 is 0. The van der Waals surface area contributed by atoms with Gasteiger partial charge in [0.05, 0.1) is 17.2 Å². The van der Waals surface area contributed by atoms with Crippen molar-refractivity contribution in [2.75, 3.05) is 0 Å². The summed E-state index contributed by atoms with van der Waals surface area (Å²) < 4.78 is 0. The Labute approximate surface area is 123 Å². The molecule has 108 valence electrons. The fourth-order valence-electron chi connectivity index (χ4n) is 2.29. The van der Waals surface area contributed by atoms with Gasteiger partial charge >= 0.3 is 5.97 Å². The Kier molecular flexibility index (Phi) is 4.38.